The van der Waals surface area contributed by atoms with E-state index in [4.69, 9.17) is 37.1 Å². The highest BCUT2D eigenvalue weighted by atomic mass is 35.5. The van der Waals surface area contributed by atoms with Crippen LogP contribution >= 0.6 is 23.2 Å². The number of amides is 1. The lowest BCUT2D eigenvalue weighted by molar-refractivity contribution is -0.111. The summed E-state index contributed by atoms with van der Waals surface area (Å²) in [4.78, 5) is 14.8. The minimum absolute atomic E-state index is 0.286. The Bertz CT molecular complexity index is 1140. The Balaban J connectivity index is 1.49. The van der Waals surface area contributed by atoms with Gasteiger partial charge in [0.25, 0.3) is 0 Å². The molecule has 0 bridgehead atoms. The van der Waals surface area contributed by atoms with Gasteiger partial charge in [0.05, 0.1) is 41.7 Å². The number of carbonyl (C=O) groups excluding carboxylic acids is 1. The molecule has 1 aliphatic heterocycles. The Hall–Kier alpha value is -2.93. The van der Waals surface area contributed by atoms with E-state index in [1.807, 2.05) is 24.3 Å². The molecule has 2 heterocycles. The van der Waals surface area contributed by atoms with Crippen LogP contribution in [0.2, 0.25) is 10.0 Å². The van der Waals surface area contributed by atoms with Crippen LogP contribution in [-0.4, -0.2) is 39.3 Å². The van der Waals surface area contributed by atoms with Crippen LogP contribution in [0.1, 0.15) is 5.76 Å². The monoisotopic (exact) mass is 472 g/mol. The van der Waals surface area contributed by atoms with Gasteiger partial charge in [-0.05, 0) is 42.5 Å². The van der Waals surface area contributed by atoms with E-state index in [0.29, 0.717) is 51.8 Å². The fourth-order valence-corrected chi connectivity index (χ4v) is 3.83. The molecule has 0 atom stereocenters. The van der Waals surface area contributed by atoms with E-state index in [1.54, 1.807) is 37.5 Å². The highest BCUT2D eigenvalue weighted by Crippen LogP contribution is 2.34. The number of rotatable bonds is 6. The Labute approximate surface area is 196 Å². The zero-order valence-corrected chi connectivity index (χ0v) is 18.9. The van der Waals surface area contributed by atoms with E-state index in [2.05, 4.69) is 10.2 Å². The molecule has 0 radical (unpaired) electrons. The summed E-state index contributed by atoms with van der Waals surface area (Å²) in [6, 6.07) is 14.5. The molecular weight excluding hydrogens is 451 g/mol. The van der Waals surface area contributed by atoms with Gasteiger partial charge >= 0.3 is 0 Å². The lowest BCUT2D eigenvalue weighted by Crippen LogP contribution is -2.36. The van der Waals surface area contributed by atoms with Crippen LogP contribution in [0.4, 0.5) is 11.4 Å². The van der Waals surface area contributed by atoms with Crippen molar-refractivity contribution in [2.75, 3.05) is 43.6 Å². The molecule has 1 aliphatic rings. The van der Waals surface area contributed by atoms with Gasteiger partial charge in [-0.15, -0.1) is 0 Å². The van der Waals surface area contributed by atoms with Crippen molar-refractivity contribution in [1.82, 2.24) is 0 Å². The number of nitrogens with one attached hydrogen (secondary N) is 1. The first kappa shape index (κ1) is 22.3. The fourth-order valence-electron chi connectivity index (χ4n) is 3.44. The van der Waals surface area contributed by atoms with E-state index in [0.717, 1.165) is 18.8 Å². The van der Waals surface area contributed by atoms with Crippen molar-refractivity contribution in [2.45, 2.75) is 0 Å². The van der Waals surface area contributed by atoms with Crippen molar-refractivity contribution >= 4 is 46.6 Å². The van der Waals surface area contributed by atoms with E-state index in [-0.39, 0.29) is 5.91 Å². The maximum absolute atomic E-state index is 12.6. The van der Waals surface area contributed by atoms with Crippen molar-refractivity contribution in [3.8, 4) is 17.1 Å². The summed E-state index contributed by atoms with van der Waals surface area (Å²) in [5.74, 6) is 1.46. The smallest absolute Gasteiger partial charge is 0.248 e. The number of carbonyl (C=O) groups is 1. The molecule has 166 valence electrons. The summed E-state index contributed by atoms with van der Waals surface area (Å²) >= 11 is 12.3. The average molecular weight is 473 g/mol. The first-order chi connectivity index (χ1) is 15.5. The molecule has 1 N–H and O–H groups in total. The van der Waals surface area contributed by atoms with Crippen molar-refractivity contribution in [3.63, 3.8) is 0 Å². The molecule has 1 saturated heterocycles. The molecule has 0 unspecified atom stereocenters. The van der Waals surface area contributed by atoms with Crippen LogP contribution < -0.4 is 15.0 Å². The second-order valence-electron chi connectivity index (χ2n) is 7.11. The normalized spacial score (nSPS) is 14.0. The largest absolute Gasteiger partial charge is 0.497 e. The van der Waals surface area contributed by atoms with Gasteiger partial charge in [0.1, 0.15) is 17.3 Å². The fraction of sp³-hybridized carbons (Fsp3) is 0.208. The Morgan fingerprint density at radius 3 is 2.72 bits per heavy atom. The number of morpholine rings is 1. The van der Waals surface area contributed by atoms with Gasteiger partial charge in [0.2, 0.25) is 5.91 Å². The number of ether oxygens (including phenoxy) is 2. The number of hydrogen-bond donors (Lipinski definition) is 1. The maximum atomic E-state index is 12.6. The van der Waals surface area contributed by atoms with Crippen molar-refractivity contribution in [2.24, 2.45) is 0 Å². The molecule has 8 heteroatoms. The number of hydrogen-bond acceptors (Lipinski definition) is 5. The first-order valence-electron chi connectivity index (χ1n) is 10.1. The SMILES string of the molecule is COc1ccc(N2CCOCC2)c(NC(=O)/C=C/c2ccc(-c3cccc(Cl)c3Cl)o2)c1. The minimum Gasteiger partial charge on any atom is -0.497 e. The molecule has 0 aliphatic carbocycles. The van der Waals surface area contributed by atoms with Gasteiger partial charge < -0.3 is 24.1 Å². The summed E-state index contributed by atoms with van der Waals surface area (Å²) in [6.07, 6.45) is 3.02. The molecule has 1 fully saturated rings. The van der Waals surface area contributed by atoms with E-state index >= 15 is 0 Å². The minimum atomic E-state index is -0.286. The highest BCUT2D eigenvalue weighted by Gasteiger charge is 2.17. The molecule has 3 aromatic rings. The highest BCUT2D eigenvalue weighted by molar-refractivity contribution is 6.43. The Morgan fingerprint density at radius 2 is 1.94 bits per heavy atom. The van der Waals surface area contributed by atoms with E-state index < -0.39 is 0 Å². The predicted molar refractivity (Wildman–Crippen MR) is 128 cm³/mol. The molecule has 32 heavy (non-hydrogen) atoms. The summed E-state index contributed by atoms with van der Waals surface area (Å²) in [6.45, 7) is 2.81. The number of nitrogens with zero attached hydrogens (tertiary/aromatic N) is 1. The van der Waals surface area contributed by atoms with Crippen LogP contribution in [0, 0.1) is 0 Å². The van der Waals surface area contributed by atoms with E-state index in [1.165, 1.54) is 6.08 Å². The Kier molecular flexibility index (Phi) is 7.05. The topological polar surface area (TPSA) is 63.9 Å². The Morgan fingerprint density at radius 1 is 1.12 bits per heavy atom. The van der Waals surface area contributed by atoms with Crippen molar-refractivity contribution in [1.29, 1.82) is 0 Å². The molecule has 0 spiro atoms. The first-order valence-corrected chi connectivity index (χ1v) is 10.8. The van der Waals surface area contributed by atoms with Gasteiger partial charge in [0, 0.05) is 30.8 Å². The summed E-state index contributed by atoms with van der Waals surface area (Å²) in [5.41, 5.74) is 2.29. The van der Waals surface area contributed by atoms with Gasteiger partial charge in [-0.3, -0.25) is 4.79 Å². The zero-order chi connectivity index (χ0) is 22.5. The number of benzene rings is 2. The quantitative estimate of drug-likeness (QED) is 0.462. The average Bonchev–Trinajstić information content (AvgIpc) is 3.29. The third-order valence-corrected chi connectivity index (χ3v) is 5.88. The summed E-state index contributed by atoms with van der Waals surface area (Å²) in [7, 11) is 1.59. The van der Waals surface area contributed by atoms with Crippen LogP contribution in [0.25, 0.3) is 17.4 Å². The zero-order valence-electron chi connectivity index (χ0n) is 17.4. The molecule has 6 nitrogen and oxygen atoms in total. The van der Waals surface area contributed by atoms with Crippen molar-refractivity contribution in [3.05, 3.63) is 70.4 Å². The standard InChI is InChI=1S/C24H22Cl2N2O4/c1-30-17-5-8-21(28-11-13-31-14-12-28)20(15-17)27-23(29)10-7-16-6-9-22(32-16)18-3-2-4-19(25)24(18)26/h2-10,15H,11-14H2,1H3,(H,27,29)/b10-7+. The van der Waals surface area contributed by atoms with Gasteiger partial charge in [-0.2, -0.15) is 0 Å². The van der Waals surface area contributed by atoms with Crippen molar-refractivity contribution < 1.29 is 18.7 Å². The predicted octanol–water partition coefficient (Wildman–Crippen LogP) is 5.75. The van der Waals surface area contributed by atoms with E-state index in [9.17, 15) is 4.79 Å². The number of methoxy groups -OCH3 is 1. The lowest BCUT2D eigenvalue weighted by atomic mass is 10.2. The number of furan rings is 1. The van der Waals surface area contributed by atoms with Gasteiger partial charge in [0.15, 0.2) is 0 Å². The molecule has 4 rings (SSSR count). The van der Waals surface area contributed by atoms with Crippen LogP contribution in [-0.2, 0) is 9.53 Å². The number of halogens is 2. The van der Waals surface area contributed by atoms with Crippen LogP contribution in [0.15, 0.2) is 59.0 Å². The third kappa shape index (κ3) is 5.10. The summed E-state index contributed by atoms with van der Waals surface area (Å²) in [5, 5.41) is 3.81. The van der Waals surface area contributed by atoms with Gasteiger partial charge in [-0.25, -0.2) is 0 Å². The lowest BCUT2D eigenvalue weighted by Gasteiger charge is -2.30. The summed E-state index contributed by atoms with van der Waals surface area (Å²) < 4.78 is 16.6. The maximum Gasteiger partial charge on any atom is 0.248 e. The third-order valence-electron chi connectivity index (χ3n) is 5.06. The van der Waals surface area contributed by atoms with Gasteiger partial charge in [-0.1, -0.05) is 29.3 Å². The molecular formula is C24H22Cl2N2O4. The second kappa shape index (κ2) is 10.1. The second-order valence-corrected chi connectivity index (χ2v) is 7.89. The molecule has 1 aromatic heterocycles. The number of anilines is 2. The molecule has 1 amide bonds. The van der Waals surface area contributed by atoms with Crippen LogP contribution in [0.5, 0.6) is 5.75 Å². The molecule has 2 aromatic carbocycles. The van der Waals surface area contributed by atoms with Crippen LogP contribution in [0.3, 0.4) is 0 Å². The molecule has 0 saturated carbocycles.